The highest BCUT2D eigenvalue weighted by molar-refractivity contribution is 5.34. The van der Waals surface area contributed by atoms with E-state index in [1.165, 1.54) is 36.1 Å². The van der Waals surface area contributed by atoms with Crippen molar-refractivity contribution in [1.82, 2.24) is 10.2 Å². The molecule has 0 saturated carbocycles. The summed E-state index contributed by atoms with van der Waals surface area (Å²) in [4.78, 5) is 0. The molecule has 76 valence electrons. The summed E-state index contributed by atoms with van der Waals surface area (Å²) in [5.74, 6) is 0.525. The summed E-state index contributed by atoms with van der Waals surface area (Å²) < 4.78 is 0. The first kappa shape index (κ1) is 8.72. The van der Waals surface area contributed by atoms with Crippen molar-refractivity contribution in [3.8, 4) is 0 Å². The van der Waals surface area contributed by atoms with Crippen LogP contribution in [0, 0.1) is 0 Å². The second-order valence-electron chi connectivity index (χ2n) is 4.16. The summed E-state index contributed by atoms with van der Waals surface area (Å²) in [5, 5.41) is 7.31. The Balaban J connectivity index is 2.03. The fourth-order valence-corrected chi connectivity index (χ4v) is 2.48. The lowest BCUT2D eigenvalue weighted by Crippen LogP contribution is -2.10. The molecule has 0 amide bonds. The molecule has 2 aromatic rings. The average molecular weight is 198 g/mol. The van der Waals surface area contributed by atoms with Gasteiger partial charge in [0.05, 0.1) is 6.20 Å². The molecule has 0 saturated heterocycles. The van der Waals surface area contributed by atoms with Crippen LogP contribution in [0.15, 0.2) is 36.5 Å². The summed E-state index contributed by atoms with van der Waals surface area (Å²) in [6.07, 6.45) is 5.66. The zero-order valence-corrected chi connectivity index (χ0v) is 8.61. The number of hydrogen-bond donors (Lipinski definition) is 1. The van der Waals surface area contributed by atoms with E-state index in [9.17, 15) is 0 Å². The Hall–Kier alpha value is -1.57. The summed E-state index contributed by atoms with van der Waals surface area (Å²) in [6.45, 7) is 0. The Kier molecular flexibility index (Phi) is 2.05. The number of aryl methyl sites for hydroxylation is 1. The van der Waals surface area contributed by atoms with Crippen LogP contribution in [-0.2, 0) is 6.42 Å². The molecule has 1 unspecified atom stereocenters. The predicted molar refractivity (Wildman–Crippen MR) is 59.8 cm³/mol. The number of rotatable bonds is 1. The smallest absolute Gasteiger partial charge is 0.0522 e. The monoisotopic (exact) mass is 198 g/mol. The van der Waals surface area contributed by atoms with Crippen LogP contribution >= 0.6 is 0 Å². The molecule has 1 atom stereocenters. The van der Waals surface area contributed by atoms with Gasteiger partial charge in [0.2, 0.25) is 0 Å². The number of nitrogens with zero attached hydrogens (tertiary/aromatic N) is 1. The third-order valence-electron chi connectivity index (χ3n) is 3.24. The normalized spacial score (nSPS) is 19.9. The molecule has 1 aromatic carbocycles. The Labute approximate surface area is 89.3 Å². The Morgan fingerprint density at radius 2 is 2.07 bits per heavy atom. The van der Waals surface area contributed by atoms with Crippen LogP contribution in [0.2, 0.25) is 0 Å². The maximum absolute atomic E-state index is 4.15. The first-order valence-electron chi connectivity index (χ1n) is 5.52. The molecule has 1 aliphatic rings. The average Bonchev–Trinajstić information content (AvgIpc) is 2.78. The lowest BCUT2D eigenvalue weighted by molar-refractivity contribution is 0.604. The molecule has 0 radical (unpaired) electrons. The predicted octanol–water partition coefficient (Wildman–Crippen LogP) is 2.88. The van der Waals surface area contributed by atoms with Crippen molar-refractivity contribution in [1.29, 1.82) is 0 Å². The van der Waals surface area contributed by atoms with Gasteiger partial charge in [0, 0.05) is 11.6 Å². The van der Waals surface area contributed by atoms with Crippen molar-refractivity contribution >= 4 is 0 Å². The van der Waals surface area contributed by atoms with E-state index in [1.54, 1.807) is 0 Å². The van der Waals surface area contributed by atoms with Crippen molar-refractivity contribution in [3.05, 3.63) is 53.3 Å². The third-order valence-corrected chi connectivity index (χ3v) is 3.24. The van der Waals surface area contributed by atoms with E-state index >= 15 is 0 Å². The van der Waals surface area contributed by atoms with Gasteiger partial charge in [-0.15, -0.1) is 0 Å². The molecular formula is C13H14N2. The van der Waals surface area contributed by atoms with Gasteiger partial charge in [0.25, 0.3) is 0 Å². The van der Waals surface area contributed by atoms with E-state index in [-0.39, 0.29) is 0 Å². The van der Waals surface area contributed by atoms with E-state index in [2.05, 4.69) is 40.5 Å². The molecule has 0 spiro atoms. The van der Waals surface area contributed by atoms with Gasteiger partial charge < -0.3 is 0 Å². The molecule has 1 heterocycles. The third kappa shape index (κ3) is 1.46. The molecular weight excluding hydrogens is 184 g/mol. The molecule has 2 heteroatoms. The summed E-state index contributed by atoms with van der Waals surface area (Å²) in [5.41, 5.74) is 4.13. The van der Waals surface area contributed by atoms with Gasteiger partial charge >= 0.3 is 0 Å². The SMILES string of the molecule is c1ccc(C2CCCc3cn[nH]c32)cc1. The molecule has 1 aliphatic carbocycles. The highest BCUT2D eigenvalue weighted by Gasteiger charge is 2.22. The summed E-state index contributed by atoms with van der Waals surface area (Å²) >= 11 is 0. The summed E-state index contributed by atoms with van der Waals surface area (Å²) in [7, 11) is 0. The largest absolute Gasteiger partial charge is 0.282 e. The number of hydrogen-bond acceptors (Lipinski definition) is 1. The highest BCUT2D eigenvalue weighted by atomic mass is 15.1. The molecule has 1 aromatic heterocycles. The van der Waals surface area contributed by atoms with E-state index < -0.39 is 0 Å². The van der Waals surface area contributed by atoms with E-state index in [0.717, 1.165) is 0 Å². The lowest BCUT2D eigenvalue weighted by Gasteiger charge is -2.21. The lowest BCUT2D eigenvalue weighted by atomic mass is 9.83. The minimum atomic E-state index is 0.525. The number of aromatic amines is 1. The minimum absolute atomic E-state index is 0.525. The second kappa shape index (κ2) is 3.54. The first-order chi connectivity index (χ1) is 7.45. The number of benzene rings is 1. The number of aromatic nitrogens is 2. The molecule has 0 fully saturated rings. The molecule has 1 N–H and O–H groups in total. The minimum Gasteiger partial charge on any atom is -0.282 e. The van der Waals surface area contributed by atoms with Gasteiger partial charge in [-0.2, -0.15) is 5.10 Å². The second-order valence-corrected chi connectivity index (χ2v) is 4.16. The van der Waals surface area contributed by atoms with Gasteiger partial charge in [-0.3, -0.25) is 5.10 Å². The Morgan fingerprint density at radius 3 is 2.93 bits per heavy atom. The molecule has 2 nitrogen and oxygen atoms in total. The van der Waals surface area contributed by atoms with E-state index in [1.807, 2.05) is 6.20 Å². The standard InChI is InChI=1S/C13H14N2/c1-2-5-10(6-3-1)12-8-4-7-11-9-14-15-13(11)12/h1-3,5-6,9,12H,4,7-8H2,(H,14,15). The van der Waals surface area contributed by atoms with Crippen molar-refractivity contribution in [2.24, 2.45) is 0 Å². The van der Waals surface area contributed by atoms with Gasteiger partial charge in [0.15, 0.2) is 0 Å². The zero-order valence-electron chi connectivity index (χ0n) is 8.61. The molecule has 15 heavy (non-hydrogen) atoms. The van der Waals surface area contributed by atoms with E-state index in [0.29, 0.717) is 5.92 Å². The number of nitrogens with one attached hydrogen (secondary N) is 1. The van der Waals surface area contributed by atoms with Gasteiger partial charge in [-0.25, -0.2) is 0 Å². The van der Waals surface area contributed by atoms with Gasteiger partial charge in [-0.05, 0) is 30.4 Å². The topological polar surface area (TPSA) is 28.7 Å². The Morgan fingerprint density at radius 1 is 1.20 bits per heavy atom. The van der Waals surface area contributed by atoms with Crippen LogP contribution in [0.4, 0.5) is 0 Å². The molecule has 3 rings (SSSR count). The van der Waals surface area contributed by atoms with Crippen molar-refractivity contribution in [2.75, 3.05) is 0 Å². The van der Waals surface area contributed by atoms with Crippen LogP contribution in [0.5, 0.6) is 0 Å². The maximum atomic E-state index is 4.15. The fourth-order valence-electron chi connectivity index (χ4n) is 2.48. The van der Waals surface area contributed by atoms with Crippen LogP contribution in [0.1, 0.15) is 35.6 Å². The van der Waals surface area contributed by atoms with Crippen molar-refractivity contribution in [2.45, 2.75) is 25.2 Å². The van der Waals surface area contributed by atoms with Crippen LogP contribution in [-0.4, -0.2) is 10.2 Å². The van der Waals surface area contributed by atoms with Gasteiger partial charge in [-0.1, -0.05) is 30.3 Å². The summed E-state index contributed by atoms with van der Waals surface area (Å²) in [6, 6.07) is 10.7. The van der Waals surface area contributed by atoms with Gasteiger partial charge in [0.1, 0.15) is 0 Å². The number of fused-ring (bicyclic) bond motifs is 1. The van der Waals surface area contributed by atoms with Crippen LogP contribution in [0.25, 0.3) is 0 Å². The highest BCUT2D eigenvalue weighted by Crippen LogP contribution is 2.34. The first-order valence-corrected chi connectivity index (χ1v) is 5.52. The number of H-pyrrole nitrogens is 1. The van der Waals surface area contributed by atoms with E-state index in [4.69, 9.17) is 0 Å². The van der Waals surface area contributed by atoms with Crippen LogP contribution < -0.4 is 0 Å². The fraction of sp³-hybridized carbons (Fsp3) is 0.308. The Bertz CT molecular complexity index is 445. The maximum Gasteiger partial charge on any atom is 0.0522 e. The van der Waals surface area contributed by atoms with Crippen molar-refractivity contribution in [3.63, 3.8) is 0 Å². The molecule has 0 bridgehead atoms. The zero-order chi connectivity index (χ0) is 10.1. The van der Waals surface area contributed by atoms with Crippen molar-refractivity contribution < 1.29 is 0 Å². The quantitative estimate of drug-likeness (QED) is 0.750. The molecule has 0 aliphatic heterocycles. The van der Waals surface area contributed by atoms with Crippen LogP contribution in [0.3, 0.4) is 0 Å².